The van der Waals surface area contributed by atoms with Crippen LogP contribution in [-0.4, -0.2) is 13.2 Å². The van der Waals surface area contributed by atoms with Gasteiger partial charge in [0, 0.05) is 7.11 Å². The molecule has 0 heterocycles. The number of rotatable bonds is 1. The molecule has 1 nitrogen and oxygen atoms in total. The minimum Gasteiger partial charge on any atom is -0.377 e. The van der Waals surface area contributed by atoms with E-state index in [0.29, 0.717) is 17.4 Å². The van der Waals surface area contributed by atoms with Crippen LogP contribution in [0.2, 0.25) is 0 Å². The highest BCUT2D eigenvalue weighted by molar-refractivity contribution is 5.17. The smallest absolute Gasteiger partial charge is 0.0757 e. The van der Waals surface area contributed by atoms with Crippen LogP contribution in [0.25, 0.3) is 0 Å². The van der Waals surface area contributed by atoms with Crippen molar-refractivity contribution in [2.45, 2.75) is 40.2 Å². The van der Waals surface area contributed by atoms with Gasteiger partial charge >= 0.3 is 0 Å². The fraction of sp³-hybridized carbons (Fsp3) is 0.818. The maximum atomic E-state index is 5.35. The minimum absolute atomic E-state index is 0.341. The molecule has 0 radical (unpaired) electrons. The normalized spacial score (nSPS) is 34.6. The molecule has 70 valence electrons. The second kappa shape index (κ2) is 3.21. The van der Waals surface area contributed by atoms with E-state index in [4.69, 9.17) is 4.74 Å². The highest BCUT2D eigenvalue weighted by Crippen LogP contribution is 2.41. The topological polar surface area (TPSA) is 9.23 Å². The highest BCUT2D eigenvalue weighted by Gasteiger charge is 2.33. The van der Waals surface area contributed by atoms with Gasteiger partial charge in [-0.3, -0.25) is 0 Å². The third-order valence-electron chi connectivity index (χ3n) is 3.57. The molecule has 0 aromatic rings. The fourth-order valence-electron chi connectivity index (χ4n) is 1.76. The van der Waals surface area contributed by atoms with Crippen molar-refractivity contribution in [3.05, 3.63) is 11.6 Å². The van der Waals surface area contributed by atoms with Crippen molar-refractivity contribution in [2.24, 2.45) is 11.3 Å². The quantitative estimate of drug-likeness (QED) is 0.547. The Labute approximate surface area is 75.8 Å². The Morgan fingerprint density at radius 1 is 1.50 bits per heavy atom. The summed E-state index contributed by atoms with van der Waals surface area (Å²) < 4.78 is 5.35. The maximum absolute atomic E-state index is 5.35. The fourth-order valence-corrected chi connectivity index (χ4v) is 1.76. The lowest BCUT2D eigenvalue weighted by atomic mass is 9.68. The van der Waals surface area contributed by atoms with E-state index in [1.54, 1.807) is 7.11 Å². The summed E-state index contributed by atoms with van der Waals surface area (Å²) in [5, 5.41) is 0. The van der Waals surface area contributed by atoms with Crippen LogP contribution >= 0.6 is 0 Å². The average molecular weight is 168 g/mol. The number of ether oxygens (including phenoxy) is 1. The first-order valence-corrected chi connectivity index (χ1v) is 4.70. The molecule has 0 amide bonds. The SMILES string of the molecule is COC1C=C(C)C(C)(C)C(C)C1. The van der Waals surface area contributed by atoms with E-state index in [9.17, 15) is 0 Å². The van der Waals surface area contributed by atoms with Crippen LogP contribution in [0, 0.1) is 11.3 Å². The molecule has 1 rings (SSSR count). The van der Waals surface area contributed by atoms with E-state index < -0.39 is 0 Å². The molecule has 2 atom stereocenters. The van der Waals surface area contributed by atoms with E-state index >= 15 is 0 Å². The van der Waals surface area contributed by atoms with Crippen molar-refractivity contribution >= 4 is 0 Å². The second-order valence-electron chi connectivity index (χ2n) is 4.48. The molecule has 1 heteroatoms. The standard InChI is InChI=1S/C11H20O/c1-8-6-10(12-5)7-9(2)11(8,3)4/h6,9-10H,7H2,1-5H3. The van der Waals surface area contributed by atoms with Crippen molar-refractivity contribution in [3.63, 3.8) is 0 Å². The second-order valence-corrected chi connectivity index (χ2v) is 4.48. The molecule has 0 aliphatic heterocycles. The Balaban J connectivity index is 2.85. The van der Waals surface area contributed by atoms with Gasteiger partial charge in [0.05, 0.1) is 6.10 Å². The number of hydrogen-bond donors (Lipinski definition) is 0. The zero-order chi connectivity index (χ0) is 9.35. The molecule has 0 N–H and O–H groups in total. The van der Waals surface area contributed by atoms with Gasteiger partial charge in [0.2, 0.25) is 0 Å². The lowest BCUT2D eigenvalue weighted by Gasteiger charge is -2.39. The van der Waals surface area contributed by atoms with Crippen molar-refractivity contribution in [1.29, 1.82) is 0 Å². The molecule has 12 heavy (non-hydrogen) atoms. The zero-order valence-electron chi connectivity index (χ0n) is 8.85. The van der Waals surface area contributed by atoms with E-state index in [1.807, 2.05) is 0 Å². The van der Waals surface area contributed by atoms with Gasteiger partial charge < -0.3 is 4.74 Å². The first kappa shape index (κ1) is 9.79. The van der Waals surface area contributed by atoms with E-state index in [0.717, 1.165) is 6.42 Å². The largest absolute Gasteiger partial charge is 0.377 e. The molecule has 0 aromatic heterocycles. The minimum atomic E-state index is 0.341. The van der Waals surface area contributed by atoms with Gasteiger partial charge in [0.1, 0.15) is 0 Å². The van der Waals surface area contributed by atoms with Crippen molar-refractivity contribution in [1.82, 2.24) is 0 Å². The van der Waals surface area contributed by atoms with Crippen molar-refractivity contribution < 1.29 is 4.74 Å². The summed E-state index contributed by atoms with van der Waals surface area (Å²) in [5.41, 5.74) is 1.82. The lowest BCUT2D eigenvalue weighted by Crippen LogP contribution is -2.32. The van der Waals surface area contributed by atoms with Gasteiger partial charge in [0.15, 0.2) is 0 Å². The van der Waals surface area contributed by atoms with Crippen LogP contribution in [-0.2, 0) is 4.74 Å². The van der Waals surface area contributed by atoms with Gasteiger partial charge in [-0.05, 0) is 24.7 Å². The third-order valence-corrected chi connectivity index (χ3v) is 3.57. The van der Waals surface area contributed by atoms with Crippen molar-refractivity contribution in [3.8, 4) is 0 Å². The number of allylic oxidation sites excluding steroid dienone is 1. The molecule has 0 saturated heterocycles. The van der Waals surface area contributed by atoms with E-state index in [2.05, 4.69) is 33.8 Å². The number of hydrogen-bond acceptors (Lipinski definition) is 1. The molecule has 0 aromatic carbocycles. The maximum Gasteiger partial charge on any atom is 0.0757 e. The van der Waals surface area contributed by atoms with Crippen LogP contribution in [0.5, 0.6) is 0 Å². The van der Waals surface area contributed by atoms with Crippen molar-refractivity contribution in [2.75, 3.05) is 7.11 Å². The Bertz CT molecular complexity index is 191. The molecule has 1 aliphatic carbocycles. The first-order valence-electron chi connectivity index (χ1n) is 4.70. The monoisotopic (exact) mass is 168 g/mol. The van der Waals surface area contributed by atoms with Crippen LogP contribution < -0.4 is 0 Å². The third kappa shape index (κ3) is 1.56. The first-order chi connectivity index (χ1) is 5.48. The van der Waals surface area contributed by atoms with Gasteiger partial charge in [-0.25, -0.2) is 0 Å². The summed E-state index contributed by atoms with van der Waals surface area (Å²) >= 11 is 0. The van der Waals surface area contributed by atoms with Gasteiger partial charge in [0.25, 0.3) is 0 Å². The van der Waals surface area contributed by atoms with Gasteiger partial charge in [-0.2, -0.15) is 0 Å². The molecular weight excluding hydrogens is 148 g/mol. The molecule has 2 unspecified atom stereocenters. The predicted octanol–water partition coefficient (Wildman–Crippen LogP) is 3.01. The summed E-state index contributed by atoms with van der Waals surface area (Å²) in [7, 11) is 1.79. The molecule has 0 fully saturated rings. The summed E-state index contributed by atoms with van der Waals surface area (Å²) in [4.78, 5) is 0. The highest BCUT2D eigenvalue weighted by atomic mass is 16.5. The van der Waals surface area contributed by atoms with Gasteiger partial charge in [-0.1, -0.05) is 32.4 Å². The Morgan fingerprint density at radius 2 is 2.08 bits per heavy atom. The van der Waals surface area contributed by atoms with Crippen LogP contribution in [0.3, 0.4) is 0 Å². The summed E-state index contributed by atoms with van der Waals surface area (Å²) in [6.07, 6.45) is 3.76. The van der Waals surface area contributed by atoms with E-state index in [-0.39, 0.29) is 0 Å². The van der Waals surface area contributed by atoms with Crippen LogP contribution in [0.1, 0.15) is 34.1 Å². The molecule has 0 saturated carbocycles. The van der Waals surface area contributed by atoms with Gasteiger partial charge in [-0.15, -0.1) is 0 Å². The summed E-state index contributed by atoms with van der Waals surface area (Å²) in [6, 6.07) is 0. The van der Waals surface area contributed by atoms with Crippen LogP contribution in [0.4, 0.5) is 0 Å². The number of methoxy groups -OCH3 is 1. The van der Waals surface area contributed by atoms with E-state index in [1.165, 1.54) is 5.57 Å². The Hall–Kier alpha value is -0.300. The zero-order valence-corrected chi connectivity index (χ0v) is 8.85. The molecule has 0 spiro atoms. The summed E-state index contributed by atoms with van der Waals surface area (Å²) in [6.45, 7) is 9.15. The Morgan fingerprint density at radius 3 is 2.50 bits per heavy atom. The Kier molecular flexibility index (Phi) is 2.62. The predicted molar refractivity (Wildman–Crippen MR) is 52.1 cm³/mol. The van der Waals surface area contributed by atoms with Crippen LogP contribution in [0.15, 0.2) is 11.6 Å². The average Bonchev–Trinajstić information content (AvgIpc) is 2.00. The molecular formula is C11H20O. The molecule has 1 aliphatic rings. The summed E-state index contributed by atoms with van der Waals surface area (Å²) in [5.74, 6) is 0.715. The lowest BCUT2D eigenvalue weighted by molar-refractivity contribution is 0.0832. The molecule has 0 bridgehead atoms.